The first kappa shape index (κ1) is 16.6. The summed E-state index contributed by atoms with van der Waals surface area (Å²) in [6.45, 7) is -1.81. The number of aliphatic hydroxyl groups excluding tert-OH is 1. The zero-order valence-corrected chi connectivity index (χ0v) is 11.7. The lowest BCUT2D eigenvalue weighted by Gasteiger charge is -2.28. The molecule has 8 heteroatoms. The predicted octanol–water partition coefficient (Wildman–Crippen LogP) is 2.05. The molecule has 0 fully saturated rings. The predicted molar refractivity (Wildman–Crippen MR) is 74.6 cm³/mol. The van der Waals surface area contributed by atoms with E-state index in [9.17, 15) is 13.2 Å². The van der Waals surface area contributed by atoms with Gasteiger partial charge in [0.2, 0.25) is 0 Å². The average Bonchev–Trinajstić information content (AvgIpc) is 2.35. The van der Waals surface area contributed by atoms with Crippen LogP contribution in [0, 0.1) is 5.41 Å². The Labute approximate surface area is 119 Å². The number of nitrogens with two attached hydrogens (primary N) is 1. The summed E-state index contributed by atoms with van der Waals surface area (Å²) in [6.07, 6.45) is -2.65. The van der Waals surface area contributed by atoms with Crippen LogP contribution in [0.15, 0.2) is 23.1 Å². The number of thioether (sulfide) groups is 1. The van der Waals surface area contributed by atoms with Crippen molar-refractivity contribution in [3.8, 4) is 0 Å². The van der Waals surface area contributed by atoms with Crippen molar-refractivity contribution < 1.29 is 18.3 Å². The molecule has 0 heterocycles. The lowest BCUT2D eigenvalue weighted by atomic mass is 10.1. The fraction of sp³-hybridized carbons (Fsp3) is 0.417. The zero-order chi connectivity index (χ0) is 15.3. The van der Waals surface area contributed by atoms with Gasteiger partial charge in [0.25, 0.3) is 0 Å². The summed E-state index contributed by atoms with van der Waals surface area (Å²) in [6, 6.07) is 4.77. The summed E-state index contributed by atoms with van der Waals surface area (Å²) in [4.78, 5) is 1.61. The Morgan fingerprint density at radius 1 is 1.45 bits per heavy atom. The molecule has 0 spiro atoms. The molecule has 4 nitrogen and oxygen atoms in total. The molecule has 0 aromatic heterocycles. The van der Waals surface area contributed by atoms with Gasteiger partial charge in [-0.05, 0) is 18.4 Å². The quantitative estimate of drug-likeness (QED) is 0.427. The van der Waals surface area contributed by atoms with Crippen molar-refractivity contribution in [1.29, 1.82) is 5.41 Å². The first-order valence-corrected chi connectivity index (χ1v) is 6.96. The minimum atomic E-state index is -4.40. The fourth-order valence-electron chi connectivity index (χ4n) is 1.85. The van der Waals surface area contributed by atoms with Crippen molar-refractivity contribution >= 4 is 23.3 Å². The maximum Gasteiger partial charge on any atom is 0.405 e. The topological polar surface area (TPSA) is 73.3 Å². The Morgan fingerprint density at radius 2 is 2.10 bits per heavy atom. The van der Waals surface area contributed by atoms with Gasteiger partial charge in [-0.15, -0.1) is 11.8 Å². The number of halogens is 3. The maximum atomic E-state index is 12.6. The van der Waals surface area contributed by atoms with Crippen LogP contribution in [0.1, 0.15) is 5.56 Å². The average molecular weight is 307 g/mol. The van der Waals surface area contributed by atoms with Crippen molar-refractivity contribution in [2.75, 3.05) is 30.9 Å². The number of amidine groups is 1. The number of benzene rings is 1. The second-order valence-electron chi connectivity index (χ2n) is 4.03. The van der Waals surface area contributed by atoms with Gasteiger partial charge in [-0.25, -0.2) is 0 Å². The highest BCUT2D eigenvalue weighted by atomic mass is 32.2. The summed E-state index contributed by atoms with van der Waals surface area (Å²) < 4.78 is 37.8. The Morgan fingerprint density at radius 3 is 2.55 bits per heavy atom. The summed E-state index contributed by atoms with van der Waals surface area (Å²) in [5, 5.41) is 16.5. The van der Waals surface area contributed by atoms with Crippen LogP contribution in [-0.2, 0) is 0 Å². The van der Waals surface area contributed by atoms with Crippen molar-refractivity contribution in [2.45, 2.75) is 11.1 Å². The Bertz CT molecular complexity index is 480. The van der Waals surface area contributed by atoms with Crippen molar-refractivity contribution in [2.24, 2.45) is 5.73 Å². The molecule has 0 atom stereocenters. The summed E-state index contributed by atoms with van der Waals surface area (Å²) in [5.74, 6) is -0.296. The molecule has 1 aromatic rings. The number of hydrogen-bond acceptors (Lipinski definition) is 4. The molecule has 4 N–H and O–H groups in total. The standard InChI is InChI=1S/C12H16F3N3OS/c1-20-9-4-2-3-8(10(9)11(16)17)18(5-6-19)7-12(13,14)15/h2-4,19H,5-7H2,1H3,(H3,16,17). The van der Waals surface area contributed by atoms with Gasteiger partial charge in [-0.3, -0.25) is 5.41 Å². The minimum absolute atomic E-state index is 0.183. The molecule has 0 aliphatic rings. The number of anilines is 1. The highest BCUT2D eigenvalue weighted by Crippen LogP contribution is 2.31. The third-order valence-corrected chi connectivity index (χ3v) is 3.35. The number of hydrogen-bond donors (Lipinski definition) is 3. The fourth-order valence-corrected chi connectivity index (χ4v) is 2.48. The monoisotopic (exact) mass is 307 g/mol. The molecule has 0 unspecified atom stereocenters. The van der Waals surface area contributed by atoms with Gasteiger partial charge in [0.15, 0.2) is 0 Å². The van der Waals surface area contributed by atoms with Gasteiger partial charge in [0, 0.05) is 17.1 Å². The van der Waals surface area contributed by atoms with E-state index in [0.717, 1.165) is 4.90 Å². The van der Waals surface area contributed by atoms with Crippen LogP contribution < -0.4 is 10.6 Å². The van der Waals surface area contributed by atoms with Crippen LogP contribution in [0.3, 0.4) is 0 Å². The van der Waals surface area contributed by atoms with Crippen LogP contribution in [0.5, 0.6) is 0 Å². The third kappa shape index (κ3) is 4.31. The van der Waals surface area contributed by atoms with Gasteiger partial charge in [0.1, 0.15) is 12.4 Å². The molecule has 0 saturated heterocycles. The maximum absolute atomic E-state index is 12.6. The summed E-state index contributed by atoms with van der Waals surface area (Å²) in [7, 11) is 0. The smallest absolute Gasteiger partial charge is 0.395 e. The molecule has 112 valence electrons. The zero-order valence-electron chi connectivity index (χ0n) is 10.9. The van der Waals surface area contributed by atoms with E-state index in [1.54, 1.807) is 18.4 Å². The highest BCUT2D eigenvalue weighted by molar-refractivity contribution is 7.98. The lowest BCUT2D eigenvalue weighted by molar-refractivity contribution is -0.119. The van der Waals surface area contributed by atoms with E-state index in [1.165, 1.54) is 17.8 Å². The molecule has 1 rings (SSSR count). The van der Waals surface area contributed by atoms with Gasteiger partial charge >= 0.3 is 6.18 Å². The number of rotatable bonds is 6. The highest BCUT2D eigenvalue weighted by Gasteiger charge is 2.32. The van der Waals surface area contributed by atoms with Gasteiger partial charge in [-0.1, -0.05) is 6.07 Å². The molecule has 20 heavy (non-hydrogen) atoms. The van der Waals surface area contributed by atoms with E-state index < -0.39 is 19.3 Å². The normalized spacial score (nSPS) is 11.4. The van der Waals surface area contributed by atoms with E-state index in [4.69, 9.17) is 16.2 Å². The molecule has 0 amide bonds. The second-order valence-corrected chi connectivity index (χ2v) is 4.88. The van der Waals surface area contributed by atoms with Crippen LogP contribution in [0.2, 0.25) is 0 Å². The summed E-state index contributed by atoms with van der Waals surface area (Å²) in [5.41, 5.74) is 5.95. The Hall–Kier alpha value is -1.41. The van der Waals surface area contributed by atoms with E-state index in [2.05, 4.69) is 0 Å². The number of nitrogens with zero attached hydrogens (tertiary/aromatic N) is 1. The molecule has 0 bridgehead atoms. The van der Waals surface area contributed by atoms with Gasteiger partial charge in [-0.2, -0.15) is 13.2 Å². The molecular weight excluding hydrogens is 291 g/mol. The van der Waals surface area contributed by atoms with Gasteiger partial charge in [0.05, 0.1) is 12.2 Å². The SMILES string of the molecule is CSc1cccc(N(CCO)CC(F)(F)F)c1C(=N)N. The van der Waals surface area contributed by atoms with E-state index in [-0.39, 0.29) is 23.6 Å². The molecule has 0 radical (unpaired) electrons. The Balaban J connectivity index is 3.28. The summed E-state index contributed by atoms with van der Waals surface area (Å²) >= 11 is 1.30. The molecule has 0 aliphatic heterocycles. The van der Waals surface area contributed by atoms with Crippen LogP contribution in [0.25, 0.3) is 0 Å². The number of nitrogens with one attached hydrogen (secondary N) is 1. The number of alkyl halides is 3. The van der Waals surface area contributed by atoms with Crippen LogP contribution in [-0.4, -0.2) is 43.1 Å². The molecule has 0 saturated carbocycles. The van der Waals surface area contributed by atoms with Crippen molar-refractivity contribution in [3.05, 3.63) is 23.8 Å². The van der Waals surface area contributed by atoms with E-state index >= 15 is 0 Å². The van der Waals surface area contributed by atoms with Crippen LogP contribution in [0.4, 0.5) is 18.9 Å². The van der Waals surface area contributed by atoms with Crippen molar-refractivity contribution in [1.82, 2.24) is 0 Å². The number of aliphatic hydroxyl groups is 1. The molecular formula is C12H16F3N3OS. The van der Waals surface area contributed by atoms with Gasteiger partial charge < -0.3 is 15.7 Å². The molecule has 0 aliphatic carbocycles. The first-order chi connectivity index (χ1) is 9.30. The lowest BCUT2D eigenvalue weighted by Crippen LogP contribution is -2.37. The minimum Gasteiger partial charge on any atom is -0.395 e. The molecule has 1 aromatic carbocycles. The van der Waals surface area contributed by atoms with Crippen molar-refractivity contribution in [3.63, 3.8) is 0 Å². The third-order valence-electron chi connectivity index (χ3n) is 2.57. The Kier molecular flexibility index (Phi) is 5.70. The number of nitrogen functional groups attached to an aromatic ring is 1. The van der Waals surface area contributed by atoms with E-state index in [1.807, 2.05) is 0 Å². The second kappa shape index (κ2) is 6.85. The largest absolute Gasteiger partial charge is 0.405 e. The van der Waals surface area contributed by atoms with E-state index in [0.29, 0.717) is 4.90 Å². The van der Waals surface area contributed by atoms with Crippen LogP contribution >= 0.6 is 11.8 Å². The first-order valence-electron chi connectivity index (χ1n) is 5.74.